The van der Waals surface area contributed by atoms with Crippen molar-refractivity contribution in [1.29, 1.82) is 0 Å². The predicted molar refractivity (Wildman–Crippen MR) is 104 cm³/mol. The fourth-order valence-electron chi connectivity index (χ4n) is 2.84. The van der Waals surface area contributed by atoms with Crippen LogP contribution in [-0.2, 0) is 0 Å². The van der Waals surface area contributed by atoms with Gasteiger partial charge in [0.25, 0.3) is 5.91 Å². The van der Waals surface area contributed by atoms with E-state index in [0.717, 1.165) is 16.7 Å². The number of benzene rings is 3. The van der Waals surface area contributed by atoms with Crippen LogP contribution in [0.25, 0.3) is 11.1 Å². The Hall–Kier alpha value is -2.87. The molecule has 0 fully saturated rings. The average Bonchev–Trinajstić information content (AvgIpc) is 2.64. The Bertz CT molecular complexity index is 866. The normalized spacial score (nSPS) is 11.8. The molecule has 3 aromatic rings. The van der Waals surface area contributed by atoms with Crippen molar-refractivity contribution in [2.75, 3.05) is 0 Å². The quantitative estimate of drug-likeness (QED) is 0.676. The summed E-state index contributed by atoms with van der Waals surface area (Å²) in [5.41, 5.74) is 6.56. The van der Waals surface area contributed by atoms with Crippen LogP contribution in [0, 0.1) is 13.8 Å². The molecule has 3 aromatic carbocycles. The largest absolute Gasteiger partial charge is 0.346 e. The molecule has 25 heavy (non-hydrogen) atoms. The smallest absolute Gasteiger partial charge is 0.251 e. The number of amides is 1. The minimum absolute atomic E-state index is 0.0272. The zero-order chi connectivity index (χ0) is 17.8. The van der Waals surface area contributed by atoms with E-state index in [4.69, 9.17) is 0 Å². The van der Waals surface area contributed by atoms with Crippen LogP contribution in [0.5, 0.6) is 0 Å². The van der Waals surface area contributed by atoms with Crippen molar-refractivity contribution in [1.82, 2.24) is 5.32 Å². The van der Waals surface area contributed by atoms with E-state index in [1.54, 1.807) is 0 Å². The molecule has 0 aromatic heterocycles. The highest BCUT2D eigenvalue weighted by atomic mass is 16.1. The Balaban J connectivity index is 1.71. The molecule has 3 rings (SSSR count). The van der Waals surface area contributed by atoms with Gasteiger partial charge < -0.3 is 5.32 Å². The third-order valence-corrected chi connectivity index (χ3v) is 4.63. The van der Waals surface area contributed by atoms with Crippen molar-refractivity contribution in [2.24, 2.45) is 0 Å². The minimum Gasteiger partial charge on any atom is -0.346 e. The highest BCUT2D eigenvalue weighted by molar-refractivity contribution is 5.94. The van der Waals surface area contributed by atoms with Crippen LogP contribution in [0.3, 0.4) is 0 Å². The fourth-order valence-corrected chi connectivity index (χ4v) is 2.84. The Kier molecular flexibility index (Phi) is 4.99. The summed E-state index contributed by atoms with van der Waals surface area (Å²) in [6.07, 6.45) is 0. The van der Waals surface area contributed by atoms with Crippen molar-refractivity contribution >= 4 is 5.91 Å². The van der Waals surface area contributed by atoms with Gasteiger partial charge in [0, 0.05) is 5.56 Å². The molecule has 0 aliphatic carbocycles. The Labute approximate surface area is 149 Å². The van der Waals surface area contributed by atoms with E-state index in [0.29, 0.717) is 5.56 Å². The van der Waals surface area contributed by atoms with Crippen molar-refractivity contribution < 1.29 is 4.79 Å². The van der Waals surface area contributed by atoms with Crippen LogP contribution < -0.4 is 5.32 Å². The topological polar surface area (TPSA) is 29.1 Å². The van der Waals surface area contributed by atoms with E-state index in [9.17, 15) is 4.79 Å². The van der Waals surface area contributed by atoms with E-state index >= 15 is 0 Å². The van der Waals surface area contributed by atoms with Gasteiger partial charge in [0.1, 0.15) is 0 Å². The summed E-state index contributed by atoms with van der Waals surface area (Å²) >= 11 is 0. The van der Waals surface area contributed by atoms with Crippen LogP contribution in [-0.4, -0.2) is 5.91 Å². The van der Waals surface area contributed by atoms with Crippen LogP contribution in [0.4, 0.5) is 0 Å². The lowest BCUT2D eigenvalue weighted by atomic mass is 10.0. The molecule has 0 bridgehead atoms. The van der Waals surface area contributed by atoms with E-state index in [1.165, 1.54) is 11.1 Å². The summed E-state index contributed by atoms with van der Waals surface area (Å²) < 4.78 is 0. The number of hydrogen-bond donors (Lipinski definition) is 1. The molecule has 0 unspecified atom stereocenters. The van der Waals surface area contributed by atoms with Gasteiger partial charge in [-0.25, -0.2) is 0 Å². The first-order valence-corrected chi connectivity index (χ1v) is 8.58. The van der Waals surface area contributed by atoms with Gasteiger partial charge >= 0.3 is 0 Å². The van der Waals surface area contributed by atoms with Crippen molar-refractivity contribution in [3.05, 3.63) is 95.1 Å². The molecule has 2 heteroatoms. The molecule has 1 N–H and O–H groups in total. The predicted octanol–water partition coefficient (Wildman–Crippen LogP) is 5.46. The fraction of sp³-hybridized carbons (Fsp3) is 0.174. The number of carbonyl (C=O) groups excluding carboxylic acids is 1. The van der Waals surface area contributed by atoms with Crippen molar-refractivity contribution in [3.63, 3.8) is 0 Å². The zero-order valence-electron chi connectivity index (χ0n) is 14.9. The maximum Gasteiger partial charge on any atom is 0.251 e. The number of rotatable bonds is 4. The first-order chi connectivity index (χ1) is 12.0. The summed E-state index contributed by atoms with van der Waals surface area (Å²) in [5.74, 6) is -0.0506. The molecule has 0 aliphatic heterocycles. The lowest BCUT2D eigenvalue weighted by Crippen LogP contribution is -2.26. The molecule has 126 valence electrons. The zero-order valence-corrected chi connectivity index (χ0v) is 14.9. The second-order valence-corrected chi connectivity index (χ2v) is 6.48. The Morgan fingerprint density at radius 3 is 2.08 bits per heavy atom. The van der Waals surface area contributed by atoms with E-state index in [1.807, 2.05) is 49.4 Å². The van der Waals surface area contributed by atoms with Gasteiger partial charge in [-0.3, -0.25) is 4.79 Å². The minimum atomic E-state index is -0.0506. The molecule has 0 heterocycles. The third-order valence-electron chi connectivity index (χ3n) is 4.63. The maximum atomic E-state index is 12.5. The van der Waals surface area contributed by atoms with Gasteiger partial charge in [-0.1, -0.05) is 60.7 Å². The number of nitrogens with one attached hydrogen (secondary N) is 1. The third kappa shape index (κ3) is 3.97. The van der Waals surface area contributed by atoms with Crippen LogP contribution >= 0.6 is 0 Å². The summed E-state index contributed by atoms with van der Waals surface area (Å²) in [7, 11) is 0. The molecule has 0 saturated carbocycles. The van der Waals surface area contributed by atoms with Gasteiger partial charge in [0.2, 0.25) is 0 Å². The second-order valence-electron chi connectivity index (χ2n) is 6.48. The molecule has 1 amide bonds. The van der Waals surface area contributed by atoms with Gasteiger partial charge in [0.05, 0.1) is 6.04 Å². The summed E-state index contributed by atoms with van der Waals surface area (Å²) in [5, 5.41) is 3.08. The molecule has 0 spiro atoms. The monoisotopic (exact) mass is 329 g/mol. The Morgan fingerprint density at radius 2 is 1.44 bits per heavy atom. The second kappa shape index (κ2) is 7.35. The molecular weight excluding hydrogens is 306 g/mol. The molecule has 1 atom stereocenters. The lowest BCUT2D eigenvalue weighted by Gasteiger charge is -2.16. The molecule has 0 radical (unpaired) electrons. The van der Waals surface area contributed by atoms with Crippen LogP contribution in [0.15, 0.2) is 72.8 Å². The molecular formula is C23H23NO. The van der Waals surface area contributed by atoms with Crippen LogP contribution in [0.2, 0.25) is 0 Å². The van der Waals surface area contributed by atoms with Gasteiger partial charge in [-0.05, 0) is 60.7 Å². The van der Waals surface area contributed by atoms with E-state index in [2.05, 4.69) is 49.5 Å². The van der Waals surface area contributed by atoms with E-state index < -0.39 is 0 Å². The average molecular weight is 329 g/mol. The number of hydrogen-bond acceptors (Lipinski definition) is 1. The molecule has 2 nitrogen and oxygen atoms in total. The summed E-state index contributed by atoms with van der Waals surface area (Å²) in [4.78, 5) is 12.5. The highest BCUT2D eigenvalue weighted by Gasteiger charge is 2.12. The standard InChI is InChI=1S/C23H23NO/c1-16-9-10-22(15-17(16)2)18(3)24-23(25)21-13-11-20(12-14-21)19-7-5-4-6-8-19/h4-15,18H,1-3H3,(H,24,25)/t18-/m0/s1. The molecule has 0 saturated heterocycles. The van der Waals surface area contributed by atoms with E-state index in [-0.39, 0.29) is 11.9 Å². The maximum absolute atomic E-state index is 12.5. The van der Waals surface area contributed by atoms with Gasteiger partial charge in [-0.15, -0.1) is 0 Å². The number of carbonyl (C=O) groups is 1. The van der Waals surface area contributed by atoms with Crippen LogP contribution in [0.1, 0.15) is 40.0 Å². The number of aryl methyl sites for hydroxylation is 2. The highest BCUT2D eigenvalue weighted by Crippen LogP contribution is 2.20. The molecule has 0 aliphatic rings. The summed E-state index contributed by atoms with van der Waals surface area (Å²) in [6, 6.07) is 24.2. The SMILES string of the molecule is Cc1ccc([C@H](C)NC(=O)c2ccc(-c3ccccc3)cc2)cc1C. The van der Waals surface area contributed by atoms with Crippen molar-refractivity contribution in [2.45, 2.75) is 26.8 Å². The van der Waals surface area contributed by atoms with Gasteiger partial charge in [-0.2, -0.15) is 0 Å². The van der Waals surface area contributed by atoms with Gasteiger partial charge in [0.15, 0.2) is 0 Å². The first kappa shape index (κ1) is 17.0. The lowest BCUT2D eigenvalue weighted by molar-refractivity contribution is 0.0940. The first-order valence-electron chi connectivity index (χ1n) is 8.58. The summed E-state index contributed by atoms with van der Waals surface area (Å²) in [6.45, 7) is 6.20. The Morgan fingerprint density at radius 1 is 0.800 bits per heavy atom. The van der Waals surface area contributed by atoms with Crippen molar-refractivity contribution in [3.8, 4) is 11.1 Å².